The fourth-order valence-corrected chi connectivity index (χ4v) is 4.77. The van der Waals surface area contributed by atoms with Crippen LogP contribution in [0.3, 0.4) is 0 Å². The number of aryl methyl sites for hydroxylation is 2. The summed E-state index contributed by atoms with van der Waals surface area (Å²) in [6.45, 7) is 10.1. The summed E-state index contributed by atoms with van der Waals surface area (Å²) in [6, 6.07) is 12.3. The van der Waals surface area contributed by atoms with E-state index >= 15 is 0 Å². The van der Waals surface area contributed by atoms with Gasteiger partial charge in [0.05, 0.1) is 19.2 Å². The second-order valence-corrected chi connectivity index (χ2v) is 9.64. The van der Waals surface area contributed by atoms with E-state index < -0.39 is 0 Å². The number of benzene rings is 2. The number of pyridine rings is 1. The standard InChI is InChI=1S/C27H33FN6O2/c1-17(2)25(26-30-31-32-34(26)10-11-36-5)33(15-20-6-8-22(28)9-7-20)16-21-14-23-19(4)12-18(3)13-24(23)29-27(21)35/h6-9,12-14,17,25H,10-11,15-16H2,1-5H3,(H,29,35)/t25-/m0/s1. The second-order valence-electron chi connectivity index (χ2n) is 9.64. The zero-order valence-electron chi connectivity index (χ0n) is 21.5. The van der Waals surface area contributed by atoms with Gasteiger partial charge in [0.1, 0.15) is 5.82 Å². The number of halogens is 1. The second kappa shape index (κ2) is 11.1. The lowest BCUT2D eigenvalue weighted by molar-refractivity contribution is 0.121. The summed E-state index contributed by atoms with van der Waals surface area (Å²) in [5.74, 6) is 0.542. The van der Waals surface area contributed by atoms with E-state index in [-0.39, 0.29) is 23.3 Å². The smallest absolute Gasteiger partial charge is 0.252 e. The van der Waals surface area contributed by atoms with Crippen molar-refractivity contribution in [2.45, 2.75) is 53.4 Å². The van der Waals surface area contributed by atoms with Crippen LogP contribution in [-0.2, 0) is 24.4 Å². The highest BCUT2D eigenvalue weighted by atomic mass is 19.1. The Balaban J connectivity index is 1.78. The maximum atomic E-state index is 13.6. The van der Waals surface area contributed by atoms with Crippen LogP contribution in [0.25, 0.3) is 10.9 Å². The molecule has 4 aromatic rings. The van der Waals surface area contributed by atoms with E-state index in [1.807, 2.05) is 19.1 Å². The number of ether oxygens (including phenoxy) is 1. The molecule has 1 N–H and O–H groups in total. The summed E-state index contributed by atoms with van der Waals surface area (Å²) in [5, 5.41) is 13.5. The van der Waals surface area contributed by atoms with E-state index in [9.17, 15) is 9.18 Å². The molecule has 0 saturated heterocycles. The van der Waals surface area contributed by atoms with Crippen LogP contribution in [0.15, 0.2) is 47.3 Å². The highest BCUT2D eigenvalue weighted by Gasteiger charge is 2.30. The van der Waals surface area contributed by atoms with Crippen molar-refractivity contribution in [2.24, 2.45) is 5.92 Å². The molecule has 2 aromatic heterocycles. The number of rotatable bonds is 10. The topological polar surface area (TPSA) is 88.9 Å². The first-order chi connectivity index (χ1) is 17.3. The van der Waals surface area contributed by atoms with Gasteiger partial charge in [-0.1, -0.05) is 32.0 Å². The van der Waals surface area contributed by atoms with Gasteiger partial charge >= 0.3 is 0 Å². The first-order valence-electron chi connectivity index (χ1n) is 12.1. The molecule has 36 heavy (non-hydrogen) atoms. The van der Waals surface area contributed by atoms with Crippen molar-refractivity contribution in [3.8, 4) is 0 Å². The van der Waals surface area contributed by atoms with Crippen LogP contribution in [0.1, 0.15) is 48.0 Å². The number of hydrogen-bond donors (Lipinski definition) is 1. The van der Waals surface area contributed by atoms with Crippen molar-refractivity contribution < 1.29 is 9.13 Å². The minimum absolute atomic E-state index is 0.127. The molecule has 0 aliphatic rings. The van der Waals surface area contributed by atoms with Crippen molar-refractivity contribution in [3.63, 3.8) is 0 Å². The van der Waals surface area contributed by atoms with E-state index in [0.29, 0.717) is 37.6 Å². The number of tetrazole rings is 1. The van der Waals surface area contributed by atoms with Crippen LogP contribution in [-0.4, -0.2) is 43.8 Å². The molecule has 2 aromatic carbocycles. The minimum Gasteiger partial charge on any atom is -0.383 e. The first-order valence-corrected chi connectivity index (χ1v) is 12.1. The lowest BCUT2D eigenvalue weighted by atomic mass is 9.99. The predicted molar refractivity (Wildman–Crippen MR) is 137 cm³/mol. The molecule has 2 heterocycles. The average molecular weight is 493 g/mol. The maximum Gasteiger partial charge on any atom is 0.252 e. The Hall–Kier alpha value is -3.43. The molecule has 0 spiro atoms. The number of aromatic nitrogens is 5. The molecule has 8 nitrogen and oxygen atoms in total. The first kappa shape index (κ1) is 25.7. The lowest BCUT2D eigenvalue weighted by Crippen LogP contribution is -2.35. The molecular formula is C27H33FN6O2. The van der Waals surface area contributed by atoms with Gasteiger partial charge in [0, 0.05) is 36.7 Å². The van der Waals surface area contributed by atoms with Crippen LogP contribution in [0.5, 0.6) is 0 Å². The average Bonchev–Trinajstić information content (AvgIpc) is 3.27. The van der Waals surface area contributed by atoms with Gasteiger partial charge in [-0.05, 0) is 71.1 Å². The van der Waals surface area contributed by atoms with Gasteiger partial charge < -0.3 is 9.72 Å². The number of fused-ring (bicyclic) bond motifs is 1. The molecule has 0 fully saturated rings. The Bertz CT molecular complexity index is 1380. The molecule has 0 unspecified atom stereocenters. The van der Waals surface area contributed by atoms with Crippen molar-refractivity contribution >= 4 is 10.9 Å². The Morgan fingerprint density at radius 2 is 1.86 bits per heavy atom. The molecule has 190 valence electrons. The molecule has 4 rings (SSSR count). The summed E-state index contributed by atoms with van der Waals surface area (Å²) >= 11 is 0. The van der Waals surface area contributed by atoms with E-state index in [0.717, 1.165) is 27.6 Å². The number of hydrogen-bond acceptors (Lipinski definition) is 6. The molecular weight excluding hydrogens is 459 g/mol. The maximum absolute atomic E-state index is 13.6. The summed E-state index contributed by atoms with van der Waals surface area (Å²) in [5.41, 5.74) is 4.49. The van der Waals surface area contributed by atoms with E-state index in [1.54, 1.807) is 23.9 Å². The summed E-state index contributed by atoms with van der Waals surface area (Å²) in [6.07, 6.45) is 0. The van der Waals surface area contributed by atoms with Gasteiger partial charge in [-0.3, -0.25) is 9.69 Å². The third-order valence-electron chi connectivity index (χ3n) is 6.42. The fourth-order valence-electron chi connectivity index (χ4n) is 4.77. The Labute approximate surface area is 210 Å². The van der Waals surface area contributed by atoms with Gasteiger partial charge in [0.15, 0.2) is 5.82 Å². The van der Waals surface area contributed by atoms with Crippen molar-refractivity contribution in [2.75, 3.05) is 13.7 Å². The number of methoxy groups -OCH3 is 1. The number of nitrogens with zero attached hydrogens (tertiary/aromatic N) is 5. The van der Waals surface area contributed by atoms with Crippen LogP contribution < -0.4 is 5.56 Å². The Kier molecular flexibility index (Phi) is 7.91. The molecule has 0 radical (unpaired) electrons. The van der Waals surface area contributed by atoms with Crippen LogP contribution in [0.4, 0.5) is 4.39 Å². The minimum atomic E-state index is -0.286. The summed E-state index contributed by atoms with van der Waals surface area (Å²) < 4.78 is 20.6. The molecule has 0 aliphatic carbocycles. The van der Waals surface area contributed by atoms with E-state index in [2.05, 4.69) is 52.2 Å². The third kappa shape index (κ3) is 5.68. The van der Waals surface area contributed by atoms with Crippen molar-refractivity contribution in [3.05, 3.63) is 86.7 Å². The highest BCUT2D eigenvalue weighted by Crippen LogP contribution is 2.30. The lowest BCUT2D eigenvalue weighted by Gasteiger charge is -2.33. The van der Waals surface area contributed by atoms with E-state index in [1.165, 1.54) is 12.1 Å². The quantitative estimate of drug-likeness (QED) is 0.355. The zero-order chi connectivity index (χ0) is 25.8. The largest absolute Gasteiger partial charge is 0.383 e. The number of aromatic amines is 1. The third-order valence-corrected chi connectivity index (χ3v) is 6.42. The van der Waals surface area contributed by atoms with E-state index in [4.69, 9.17) is 4.74 Å². The van der Waals surface area contributed by atoms with Gasteiger partial charge in [-0.2, -0.15) is 0 Å². The Morgan fingerprint density at radius 1 is 1.11 bits per heavy atom. The normalized spacial score (nSPS) is 12.7. The van der Waals surface area contributed by atoms with Crippen molar-refractivity contribution in [1.29, 1.82) is 0 Å². The van der Waals surface area contributed by atoms with Gasteiger partial charge in [-0.25, -0.2) is 9.07 Å². The van der Waals surface area contributed by atoms with Gasteiger partial charge in [0.25, 0.3) is 5.56 Å². The van der Waals surface area contributed by atoms with Crippen LogP contribution in [0.2, 0.25) is 0 Å². The molecule has 0 saturated carbocycles. The fraction of sp³-hybridized carbons (Fsp3) is 0.407. The van der Waals surface area contributed by atoms with Gasteiger partial charge in [-0.15, -0.1) is 5.10 Å². The summed E-state index contributed by atoms with van der Waals surface area (Å²) in [4.78, 5) is 18.4. The predicted octanol–water partition coefficient (Wildman–Crippen LogP) is 4.32. The molecule has 9 heteroatoms. The zero-order valence-corrected chi connectivity index (χ0v) is 21.5. The molecule has 0 amide bonds. The molecule has 1 atom stereocenters. The van der Waals surface area contributed by atoms with Gasteiger partial charge in [0.2, 0.25) is 0 Å². The molecule has 0 aliphatic heterocycles. The number of H-pyrrole nitrogens is 1. The monoisotopic (exact) mass is 492 g/mol. The molecule has 0 bridgehead atoms. The highest BCUT2D eigenvalue weighted by molar-refractivity contribution is 5.83. The van der Waals surface area contributed by atoms with Crippen LogP contribution >= 0.6 is 0 Å². The Morgan fingerprint density at radius 3 is 2.56 bits per heavy atom. The number of nitrogens with one attached hydrogen (secondary N) is 1. The van der Waals surface area contributed by atoms with Crippen LogP contribution in [0, 0.1) is 25.6 Å². The van der Waals surface area contributed by atoms with Crippen molar-refractivity contribution in [1.82, 2.24) is 30.1 Å². The SMILES string of the molecule is COCCn1nnnc1[C@H](C(C)C)N(Cc1ccc(F)cc1)Cc1cc2c(C)cc(C)cc2[nH]c1=O. The summed E-state index contributed by atoms with van der Waals surface area (Å²) in [7, 11) is 1.64.